The molecule has 1 aromatic heterocycles. The first-order valence-electron chi connectivity index (χ1n) is 5.71. The summed E-state index contributed by atoms with van der Waals surface area (Å²) in [5.41, 5.74) is 11.4. The molecule has 2 atom stereocenters. The fourth-order valence-corrected chi connectivity index (χ4v) is 2.14. The van der Waals surface area contributed by atoms with Crippen LogP contribution in [0, 0.1) is 5.92 Å². The van der Waals surface area contributed by atoms with Crippen molar-refractivity contribution < 1.29 is 4.79 Å². The minimum Gasteiger partial charge on any atom is -0.364 e. The number of rotatable bonds is 3. The number of aromatic nitrogens is 2. The quantitative estimate of drug-likeness (QED) is 0.752. The monoisotopic (exact) mass is 235 g/mol. The molecule has 1 aliphatic heterocycles. The molecule has 1 fully saturated rings. The molecular weight excluding hydrogens is 218 g/mol. The molecule has 6 nitrogen and oxygen atoms in total. The van der Waals surface area contributed by atoms with Crippen LogP contribution in [0.1, 0.15) is 23.8 Å². The summed E-state index contributed by atoms with van der Waals surface area (Å²) in [6.07, 6.45) is 4.05. The Morgan fingerprint density at radius 2 is 2.24 bits per heavy atom. The van der Waals surface area contributed by atoms with E-state index >= 15 is 0 Å². The molecule has 0 radical (unpaired) electrons. The number of hydrogen-bond donors (Lipinski definition) is 2. The normalized spacial score (nSPS) is 21.5. The van der Waals surface area contributed by atoms with Gasteiger partial charge in [-0.1, -0.05) is 0 Å². The fourth-order valence-electron chi connectivity index (χ4n) is 2.14. The minimum atomic E-state index is -0.544. The molecule has 0 bridgehead atoms. The molecule has 2 rings (SSSR count). The van der Waals surface area contributed by atoms with Gasteiger partial charge in [0.1, 0.15) is 0 Å². The average Bonchev–Trinajstić information content (AvgIpc) is 2.78. The number of amides is 1. The molecule has 17 heavy (non-hydrogen) atoms. The van der Waals surface area contributed by atoms with Gasteiger partial charge in [0.05, 0.1) is 0 Å². The topological polar surface area (TPSA) is 98.1 Å². The van der Waals surface area contributed by atoms with Gasteiger partial charge in [-0.2, -0.15) is 0 Å². The van der Waals surface area contributed by atoms with Gasteiger partial charge in [0, 0.05) is 31.5 Å². The number of nitrogens with zero attached hydrogens (tertiary/aromatic N) is 3. The summed E-state index contributed by atoms with van der Waals surface area (Å²) in [6, 6.07) is 0.147. The molecule has 2 heterocycles. The molecule has 6 heteroatoms. The van der Waals surface area contributed by atoms with Crippen molar-refractivity contribution in [3.63, 3.8) is 0 Å². The third-order valence-electron chi connectivity index (χ3n) is 3.18. The second-order valence-electron chi connectivity index (χ2n) is 4.45. The Morgan fingerprint density at radius 1 is 1.53 bits per heavy atom. The van der Waals surface area contributed by atoms with E-state index in [1.165, 1.54) is 6.20 Å². The predicted molar refractivity (Wildman–Crippen MR) is 64.5 cm³/mol. The van der Waals surface area contributed by atoms with Crippen LogP contribution in [0.15, 0.2) is 12.4 Å². The Labute approximate surface area is 100 Å². The van der Waals surface area contributed by atoms with Gasteiger partial charge in [-0.15, -0.1) is 0 Å². The van der Waals surface area contributed by atoms with E-state index in [-0.39, 0.29) is 11.7 Å². The lowest BCUT2D eigenvalue weighted by molar-refractivity contribution is 0.0996. The van der Waals surface area contributed by atoms with Gasteiger partial charge < -0.3 is 16.4 Å². The molecule has 0 aromatic carbocycles. The molecule has 2 unspecified atom stereocenters. The van der Waals surface area contributed by atoms with Crippen LogP contribution in [0.25, 0.3) is 0 Å². The van der Waals surface area contributed by atoms with Crippen LogP contribution in [-0.4, -0.2) is 35.0 Å². The smallest absolute Gasteiger partial charge is 0.271 e. The van der Waals surface area contributed by atoms with Crippen LogP contribution < -0.4 is 16.4 Å². The van der Waals surface area contributed by atoms with E-state index in [4.69, 9.17) is 11.5 Å². The lowest BCUT2D eigenvalue weighted by Gasteiger charge is -2.19. The molecule has 0 spiro atoms. The highest BCUT2D eigenvalue weighted by Gasteiger charge is 2.28. The summed E-state index contributed by atoms with van der Waals surface area (Å²) in [5, 5.41) is 0. The van der Waals surface area contributed by atoms with E-state index in [9.17, 15) is 4.79 Å². The van der Waals surface area contributed by atoms with Crippen molar-refractivity contribution in [2.75, 3.05) is 18.0 Å². The van der Waals surface area contributed by atoms with Crippen molar-refractivity contribution in [1.82, 2.24) is 9.97 Å². The second kappa shape index (κ2) is 4.67. The SMILES string of the molecule is CC(N)C1CCN(c2nccnc2C(N)=O)C1. The molecule has 1 aliphatic rings. The van der Waals surface area contributed by atoms with Gasteiger partial charge in [-0.3, -0.25) is 4.79 Å². The zero-order chi connectivity index (χ0) is 12.4. The van der Waals surface area contributed by atoms with Crippen molar-refractivity contribution in [2.45, 2.75) is 19.4 Å². The van der Waals surface area contributed by atoms with Crippen LogP contribution in [-0.2, 0) is 0 Å². The van der Waals surface area contributed by atoms with Crippen molar-refractivity contribution >= 4 is 11.7 Å². The zero-order valence-corrected chi connectivity index (χ0v) is 9.84. The molecule has 1 aromatic rings. The molecule has 4 N–H and O–H groups in total. The second-order valence-corrected chi connectivity index (χ2v) is 4.45. The van der Waals surface area contributed by atoms with E-state index in [0.717, 1.165) is 19.5 Å². The van der Waals surface area contributed by atoms with Crippen LogP contribution in [0.3, 0.4) is 0 Å². The van der Waals surface area contributed by atoms with Gasteiger partial charge in [-0.25, -0.2) is 9.97 Å². The number of nitrogens with two attached hydrogens (primary N) is 2. The average molecular weight is 235 g/mol. The molecule has 0 aliphatic carbocycles. The first-order chi connectivity index (χ1) is 8.09. The van der Waals surface area contributed by atoms with E-state index < -0.39 is 5.91 Å². The lowest BCUT2D eigenvalue weighted by Crippen LogP contribution is -2.31. The van der Waals surface area contributed by atoms with Crippen LogP contribution in [0.4, 0.5) is 5.82 Å². The minimum absolute atomic E-state index is 0.147. The van der Waals surface area contributed by atoms with Crippen LogP contribution in [0.5, 0.6) is 0 Å². The maximum Gasteiger partial charge on any atom is 0.271 e. The van der Waals surface area contributed by atoms with Gasteiger partial charge >= 0.3 is 0 Å². The summed E-state index contributed by atoms with van der Waals surface area (Å²) < 4.78 is 0. The summed E-state index contributed by atoms with van der Waals surface area (Å²) >= 11 is 0. The van der Waals surface area contributed by atoms with E-state index in [1.807, 2.05) is 11.8 Å². The Balaban J connectivity index is 2.21. The number of anilines is 1. The van der Waals surface area contributed by atoms with Gasteiger partial charge in [0.2, 0.25) is 0 Å². The zero-order valence-electron chi connectivity index (χ0n) is 9.84. The van der Waals surface area contributed by atoms with Crippen molar-refractivity contribution in [2.24, 2.45) is 17.4 Å². The first kappa shape index (κ1) is 11.8. The Bertz CT molecular complexity index is 420. The van der Waals surface area contributed by atoms with Crippen molar-refractivity contribution in [3.8, 4) is 0 Å². The third-order valence-corrected chi connectivity index (χ3v) is 3.18. The fraction of sp³-hybridized carbons (Fsp3) is 0.545. The third kappa shape index (κ3) is 2.36. The number of hydrogen-bond acceptors (Lipinski definition) is 5. The first-order valence-corrected chi connectivity index (χ1v) is 5.71. The Hall–Kier alpha value is -1.69. The molecule has 1 amide bonds. The Morgan fingerprint density at radius 3 is 2.82 bits per heavy atom. The van der Waals surface area contributed by atoms with Gasteiger partial charge in [0.15, 0.2) is 11.5 Å². The highest BCUT2D eigenvalue weighted by molar-refractivity contribution is 5.95. The van der Waals surface area contributed by atoms with E-state index in [1.54, 1.807) is 6.20 Å². The van der Waals surface area contributed by atoms with Crippen LogP contribution >= 0.6 is 0 Å². The maximum atomic E-state index is 11.3. The summed E-state index contributed by atoms with van der Waals surface area (Å²) in [5.74, 6) is 0.457. The van der Waals surface area contributed by atoms with Gasteiger partial charge in [-0.05, 0) is 19.3 Å². The summed E-state index contributed by atoms with van der Waals surface area (Å²) in [7, 11) is 0. The predicted octanol–water partition coefficient (Wildman–Crippen LogP) is -0.251. The highest BCUT2D eigenvalue weighted by Crippen LogP contribution is 2.25. The standard InChI is InChI=1S/C11H17N5O/c1-7(12)8-2-5-16(6-8)11-9(10(13)17)14-3-4-15-11/h3-4,7-8H,2,5-6,12H2,1H3,(H2,13,17). The highest BCUT2D eigenvalue weighted by atomic mass is 16.1. The molecule has 0 saturated carbocycles. The number of carbonyl (C=O) groups excluding carboxylic acids is 1. The summed E-state index contributed by atoms with van der Waals surface area (Å²) in [4.78, 5) is 21.5. The maximum absolute atomic E-state index is 11.3. The summed E-state index contributed by atoms with van der Waals surface area (Å²) in [6.45, 7) is 3.64. The largest absolute Gasteiger partial charge is 0.364 e. The van der Waals surface area contributed by atoms with Gasteiger partial charge in [0.25, 0.3) is 5.91 Å². The molecule has 1 saturated heterocycles. The number of primary amides is 1. The Kier molecular flexibility index (Phi) is 3.23. The lowest BCUT2D eigenvalue weighted by atomic mass is 10.0. The molecular formula is C11H17N5O. The number of carbonyl (C=O) groups is 1. The van der Waals surface area contributed by atoms with Crippen LogP contribution in [0.2, 0.25) is 0 Å². The van der Waals surface area contributed by atoms with Crippen molar-refractivity contribution in [3.05, 3.63) is 18.1 Å². The molecule has 92 valence electrons. The van der Waals surface area contributed by atoms with E-state index in [2.05, 4.69) is 9.97 Å². The van der Waals surface area contributed by atoms with Crippen molar-refractivity contribution in [1.29, 1.82) is 0 Å². The van der Waals surface area contributed by atoms with E-state index in [0.29, 0.717) is 11.7 Å².